The van der Waals surface area contributed by atoms with Crippen LogP contribution in [0.1, 0.15) is 29.1 Å². The van der Waals surface area contributed by atoms with Crippen molar-refractivity contribution in [2.45, 2.75) is 25.9 Å². The Hall–Kier alpha value is -1.89. The number of nitrogens with zero attached hydrogens (tertiary/aromatic N) is 1. The van der Waals surface area contributed by atoms with Gasteiger partial charge in [-0.25, -0.2) is 0 Å². The predicted octanol–water partition coefficient (Wildman–Crippen LogP) is 0.00802. The van der Waals surface area contributed by atoms with Crippen LogP contribution in [0.25, 0.3) is 0 Å². The van der Waals surface area contributed by atoms with Crippen LogP contribution in [0, 0.1) is 6.92 Å². The first-order valence-corrected chi connectivity index (χ1v) is 6.27. The second kappa shape index (κ2) is 6.33. The molecule has 1 atom stereocenters. The van der Waals surface area contributed by atoms with Crippen molar-refractivity contribution in [2.24, 2.45) is 0 Å². The van der Waals surface area contributed by atoms with Gasteiger partial charge in [-0.2, -0.15) is 0 Å². The lowest BCUT2D eigenvalue weighted by Gasteiger charge is -2.10. The molecule has 104 valence electrons. The van der Waals surface area contributed by atoms with Crippen molar-refractivity contribution in [2.75, 3.05) is 19.7 Å². The topological polar surface area (TPSA) is 93.5 Å². The van der Waals surface area contributed by atoms with Crippen molar-refractivity contribution in [3.8, 4) is 0 Å². The van der Waals surface area contributed by atoms with Gasteiger partial charge < -0.3 is 19.9 Å². The molecule has 2 N–H and O–H groups in total. The van der Waals surface area contributed by atoms with E-state index in [9.17, 15) is 9.59 Å². The van der Waals surface area contributed by atoms with Gasteiger partial charge in [0.1, 0.15) is 11.9 Å². The van der Waals surface area contributed by atoms with E-state index in [0.29, 0.717) is 25.5 Å². The van der Waals surface area contributed by atoms with Gasteiger partial charge in [0.05, 0.1) is 0 Å². The van der Waals surface area contributed by atoms with Gasteiger partial charge in [-0.3, -0.25) is 9.59 Å². The van der Waals surface area contributed by atoms with E-state index in [0.717, 1.165) is 12.8 Å². The summed E-state index contributed by atoms with van der Waals surface area (Å²) in [6.45, 7) is 3.05. The average molecular weight is 267 g/mol. The van der Waals surface area contributed by atoms with Crippen molar-refractivity contribution in [3.63, 3.8) is 0 Å². The molecule has 1 aliphatic rings. The second-order valence-corrected chi connectivity index (χ2v) is 4.37. The third kappa shape index (κ3) is 3.78. The number of rotatable bonds is 5. The Morgan fingerprint density at radius 3 is 2.84 bits per heavy atom. The Bertz CT molecular complexity index is 452. The number of nitrogens with one attached hydrogen (secondary N) is 2. The van der Waals surface area contributed by atoms with E-state index in [-0.39, 0.29) is 23.6 Å². The normalized spacial score (nSPS) is 18.3. The number of aryl methyl sites for hydroxylation is 1. The van der Waals surface area contributed by atoms with Crippen LogP contribution in [0.5, 0.6) is 0 Å². The maximum atomic E-state index is 11.6. The van der Waals surface area contributed by atoms with Crippen LogP contribution in [-0.4, -0.2) is 42.8 Å². The number of ether oxygens (including phenoxy) is 1. The maximum Gasteiger partial charge on any atom is 0.273 e. The minimum absolute atomic E-state index is 0.121. The first-order chi connectivity index (χ1) is 9.16. The summed E-state index contributed by atoms with van der Waals surface area (Å²) in [5.41, 5.74) is 0.239. The van der Waals surface area contributed by atoms with Crippen molar-refractivity contribution >= 4 is 11.8 Å². The first-order valence-electron chi connectivity index (χ1n) is 6.27. The molecule has 1 fully saturated rings. The van der Waals surface area contributed by atoms with Gasteiger partial charge in [0.2, 0.25) is 5.91 Å². The zero-order valence-electron chi connectivity index (χ0n) is 10.8. The Morgan fingerprint density at radius 1 is 1.42 bits per heavy atom. The smallest absolute Gasteiger partial charge is 0.273 e. The minimum atomic E-state index is -0.339. The van der Waals surface area contributed by atoms with Crippen molar-refractivity contribution in [1.29, 1.82) is 0 Å². The lowest BCUT2D eigenvalue weighted by molar-refractivity contribution is -0.129. The number of hydrogen-bond donors (Lipinski definition) is 2. The van der Waals surface area contributed by atoms with E-state index < -0.39 is 0 Å². The van der Waals surface area contributed by atoms with Crippen LogP contribution in [-0.2, 0) is 9.53 Å². The first kappa shape index (κ1) is 13.5. The van der Waals surface area contributed by atoms with Gasteiger partial charge in [0.25, 0.3) is 5.91 Å². The fourth-order valence-corrected chi connectivity index (χ4v) is 1.82. The van der Waals surface area contributed by atoms with Crippen LogP contribution in [0.4, 0.5) is 0 Å². The number of aromatic nitrogens is 1. The standard InChI is InChI=1S/C12H17N3O4/c1-8-7-9(15-19-8)11(16)13-4-5-14-12(17)10-3-2-6-18-10/h7,10H,2-6H2,1H3,(H,13,16)(H,14,17). The molecule has 0 spiro atoms. The third-order valence-electron chi connectivity index (χ3n) is 2.79. The average Bonchev–Trinajstić information content (AvgIpc) is 3.04. The van der Waals surface area contributed by atoms with Crippen LogP contribution in [0.15, 0.2) is 10.6 Å². The molecule has 2 rings (SSSR count). The summed E-state index contributed by atoms with van der Waals surface area (Å²) in [7, 11) is 0. The molecule has 7 heteroatoms. The SMILES string of the molecule is Cc1cc(C(=O)NCCNC(=O)C2CCCO2)no1. The van der Waals surface area contributed by atoms with E-state index in [1.807, 2.05) is 0 Å². The van der Waals surface area contributed by atoms with Crippen molar-refractivity contribution < 1.29 is 18.8 Å². The zero-order chi connectivity index (χ0) is 13.7. The summed E-state index contributed by atoms with van der Waals surface area (Å²) in [5.74, 6) is 0.143. The van der Waals surface area contributed by atoms with Gasteiger partial charge in [-0.05, 0) is 19.8 Å². The van der Waals surface area contributed by atoms with Gasteiger partial charge >= 0.3 is 0 Å². The molecule has 1 saturated heterocycles. The third-order valence-corrected chi connectivity index (χ3v) is 2.79. The molecule has 0 aromatic carbocycles. The summed E-state index contributed by atoms with van der Waals surface area (Å²) in [5, 5.41) is 8.95. The Morgan fingerprint density at radius 2 is 2.21 bits per heavy atom. The fourth-order valence-electron chi connectivity index (χ4n) is 1.82. The number of hydrogen-bond acceptors (Lipinski definition) is 5. The van der Waals surface area contributed by atoms with Crippen LogP contribution in [0.2, 0.25) is 0 Å². The van der Waals surface area contributed by atoms with E-state index in [4.69, 9.17) is 9.26 Å². The summed E-state index contributed by atoms with van der Waals surface area (Å²) < 4.78 is 10.0. The summed E-state index contributed by atoms with van der Waals surface area (Å²) in [6.07, 6.45) is 1.34. The van der Waals surface area contributed by atoms with Crippen LogP contribution in [0.3, 0.4) is 0 Å². The minimum Gasteiger partial charge on any atom is -0.368 e. The maximum absolute atomic E-state index is 11.6. The molecule has 1 unspecified atom stereocenters. The summed E-state index contributed by atoms with van der Waals surface area (Å²) in [4.78, 5) is 23.2. The van der Waals surface area contributed by atoms with Gasteiger partial charge in [-0.1, -0.05) is 5.16 Å². The van der Waals surface area contributed by atoms with Gasteiger partial charge in [-0.15, -0.1) is 0 Å². The number of carbonyl (C=O) groups is 2. The van der Waals surface area contributed by atoms with E-state index in [1.54, 1.807) is 13.0 Å². The molecule has 2 amide bonds. The fraction of sp³-hybridized carbons (Fsp3) is 0.583. The quantitative estimate of drug-likeness (QED) is 0.733. The molecule has 7 nitrogen and oxygen atoms in total. The molecule has 0 saturated carbocycles. The molecular formula is C12H17N3O4. The molecule has 2 heterocycles. The van der Waals surface area contributed by atoms with Crippen molar-refractivity contribution in [3.05, 3.63) is 17.5 Å². The van der Waals surface area contributed by atoms with Crippen molar-refractivity contribution in [1.82, 2.24) is 15.8 Å². The molecule has 1 aliphatic heterocycles. The lowest BCUT2D eigenvalue weighted by Crippen LogP contribution is -2.39. The van der Waals surface area contributed by atoms with Crippen LogP contribution >= 0.6 is 0 Å². The number of amides is 2. The highest BCUT2D eigenvalue weighted by Crippen LogP contribution is 2.11. The van der Waals surface area contributed by atoms with E-state index in [1.165, 1.54) is 0 Å². The summed E-state index contributed by atoms with van der Waals surface area (Å²) in [6, 6.07) is 1.56. The zero-order valence-corrected chi connectivity index (χ0v) is 10.8. The highest BCUT2D eigenvalue weighted by molar-refractivity contribution is 5.92. The Labute approximate surface area is 110 Å². The second-order valence-electron chi connectivity index (χ2n) is 4.37. The highest BCUT2D eigenvalue weighted by Gasteiger charge is 2.22. The summed E-state index contributed by atoms with van der Waals surface area (Å²) >= 11 is 0. The molecule has 1 aromatic rings. The molecule has 19 heavy (non-hydrogen) atoms. The van der Waals surface area contributed by atoms with Gasteiger partial charge in [0.15, 0.2) is 5.69 Å². The molecule has 0 bridgehead atoms. The van der Waals surface area contributed by atoms with Crippen LogP contribution < -0.4 is 10.6 Å². The lowest BCUT2D eigenvalue weighted by atomic mass is 10.2. The molecule has 0 radical (unpaired) electrons. The molecule has 1 aromatic heterocycles. The Balaban J connectivity index is 1.63. The monoisotopic (exact) mass is 267 g/mol. The predicted molar refractivity (Wildman–Crippen MR) is 65.6 cm³/mol. The molecule has 0 aliphatic carbocycles. The van der Waals surface area contributed by atoms with E-state index in [2.05, 4.69) is 15.8 Å². The Kier molecular flexibility index (Phi) is 4.51. The van der Waals surface area contributed by atoms with Gasteiger partial charge in [0, 0.05) is 25.8 Å². The largest absolute Gasteiger partial charge is 0.368 e. The molecular weight excluding hydrogens is 250 g/mol. The van der Waals surface area contributed by atoms with E-state index >= 15 is 0 Å². The highest BCUT2D eigenvalue weighted by atomic mass is 16.5. The number of carbonyl (C=O) groups excluding carboxylic acids is 2.